The second-order valence-corrected chi connectivity index (χ2v) is 16.0. The highest BCUT2D eigenvalue weighted by atomic mass is 16.4. The molecule has 0 fully saturated rings. The molecule has 0 saturated heterocycles. The van der Waals surface area contributed by atoms with Gasteiger partial charge in [0.1, 0.15) is 42.3 Å². The minimum atomic E-state index is -1.62. The quantitative estimate of drug-likeness (QED) is 0.0156. The number of carbonyl (C=O) groups is 10. The summed E-state index contributed by atoms with van der Waals surface area (Å²) in [7, 11) is 0. The van der Waals surface area contributed by atoms with Crippen molar-refractivity contribution in [3.8, 4) is 0 Å². The van der Waals surface area contributed by atoms with Crippen molar-refractivity contribution in [3.05, 3.63) is 0 Å². The van der Waals surface area contributed by atoms with Crippen LogP contribution in [0.15, 0.2) is 9.98 Å². The Labute approximate surface area is 399 Å². The van der Waals surface area contributed by atoms with Gasteiger partial charge < -0.3 is 92.7 Å². The molecule has 392 valence electrons. The van der Waals surface area contributed by atoms with Gasteiger partial charge in [-0.3, -0.25) is 53.1 Å². The molecule has 0 radical (unpaired) electrons. The monoisotopic (exact) mass is 987 g/mol. The molecular weight excluding hydrogens is 913 g/mol. The van der Waals surface area contributed by atoms with E-state index in [1.165, 1.54) is 13.8 Å². The molecule has 0 aliphatic rings. The highest BCUT2D eigenvalue weighted by Gasteiger charge is 2.33. The molecule has 0 aliphatic heterocycles. The van der Waals surface area contributed by atoms with Crippen molar-refractivity contribution < 1.29 is 63.3 Å². The highest BCUT2D eigenvalue weighted by molar-refractivity contribution is 5.97. The van der Waals surface area contributed by atoms with Gasteiger partial charge in [0.2, 0.25) is 41.4 Å². The number of unbranched alkanes of at least 4 members (excludes halogenated alkanes) is 2. The number of nitrogens with two attached hydrogens (primary N) is 7. The van der Waals surface area contributed by atoms with Crippen molar-refractivity contribution >= 4 is 71.2 Å². The molecule has 29 nitrogen and oxygen atoms in total. The number of rotatable bonds is 37. The van der Waals surface area contributed by atoms with E-state index in [-0.39, 0.29) is 70.1 Å². The number of nitrogens with one attached hydrogen (secondary N) is 7. The zero-order valence-corrected chi connectivity index (χ0v) is 39.2. The van der Waals surface area contributed by atoms with E-state index in [0.29, 0.717) is 32.2 Å². The number of carbonyl (C=O) groups excluding carboxylic acids is 7. The van der Waals surface area contributed by atoms with Crippen LogP contribution in [-0.2, 0) is 47.9 Å². The van der Waals surface area contributed by atoms with Gasteiger partial charge in [0.15, 0.2) is 11.9 Å². The normalized spacial score (nSPS) is 14.3. The molecule has 0 aromatic rings. The number of carboxylic acid groups (broad SMARTS) is 3. The lowest BCUT2D eigenvalue weighted by molar-refractivity contribution is -0.142. The number of aliphatic imine (C=N–C) groups is 2. The third kappa shape index (κ3) is 28.1. The third-order valence-electron chi connectivity index (χ3n) is 10.1. The standard InChI is InChI=1S/C40H74N16O13/c1-21(31(61)52-24(10-4-6-18-42)37(67)56-28(38(68)69)12-8-20-49-40(46)47)50-34(64)26(13-15-29(57)58)53-32(62)22(2)51-35(65)27(14-16-30(59)60)55-36(66)25(11-7-19-48-39(44)45)54-33(63)23(43)9-3-5-17-41/h21-28H,3-20,41-43H2,1-2H3,(H,50,64)(H,51,65)(H,52,61)(H,53,62)(H,54,63)(H,55,66)(H,56,67)(H,57,58)(H,59,60)(H,68,69)(H4,44,45,48)(H4,46,47,49)/t21-,22-,23-,24-,25-,26-,27-,28-/m0/s1. The Hall–Kier alpha value is -6.88. The molecule has 7 amide bonds. The summed E-state index contributed by atoms with van der Waals surface area (Å²) in [5.74, 6) is -10.9. The molecule has 0 bridgehead atoms. The largest absolute Gasteiger partial charge is 0.481 e. The molecule has 24 N–H and O–H groups in total. The van der Waals surface area contributed by atoms with Crippen LogP contribution in [0.4, 0.5) is 0 Å². The van der Waals surface area contributed by atoms with Crippen LogP contribution in [0.1, 0.15) is 104 Å². The number of carboxylic acids is 3. The number of nitrogens with zero attached hydrogens (tertiary/aromatic N) is 2. The van der Waals surface area contributed by atoms with Gasteiger partial charge in [-0.1, -0.05) is 6.42 Å². The Morgan fingerprint density at radius 2 is 0.739 bits per heavy atom. The Morgan fingerprint density at radius 1 is 0.420 bits per heavy atom. The Balaban J connectivity index is 6.14. The average Bonchev–Trinajstić information content (AvgIpc) is 3.27. The van der Waals surface area contributed by atoms with Gasteiger partial charge in [0.25, 0.3) is 0 Å². The van der Waals surface area contributed by atoms with E-state index >= 15 is 0 Å². The fourth-order valence-electron chi connectivity index (χ4n) is 6.18. The SMILES string of the molecule is C[C@H](NC(=O)[C@H](CCC(=O)O)NC(=O)[C@H](C)NC(=O)[C@H](CCC(=O)O)NC(=O)[C@H](CCCN=C(N)N)NC(=O)[C@@H](N)CCCCN)C(=O)N[C@@H](CCCCN)C(=O)N[C@@H](CCCN=C(N)N)C(=O)O. The van der Waals surface area contributed by atoms with E-state index < -0.39 is 133 Å². The number of amides is 7. The maximum atomic E-state index is 13.6. The fraction of sp³-hybridized carbons (Fsp3) is 0.700. The molecule has 0 aromatic carbocycles. The summed E-state index contributed by atoms with van der Waals surface area (Å²) >= 11 is 0. The van der Waals surface area contributed by atoms with Gasteiger partial charge in [-0.05, 0) is 97.6 Å². The van der Waals surface area contributed by atoms with E-state index in [2.05, 4.69) is 47.2 Å². The smallest absolute Gasteiger partial charge is 0.326 e. The second-order valence-electron chi connectivity index (χ2n) is 16.0. The van der Waals surface area contributed by atoms with E-state index in [1.54, 1.807) is 0 Å². The van der Waals surface area contributed by atoms with E-state index in [4.69, 9.17) is 40.1 Å². The van der Waals surface area contributed by atoms with Gasteiger partial charge in [-0.25, -0.2) is 4.79 Å². The summed E-state index contributed by atoms with van der Waals surface area (Å²) in [6, 6.07) is -11.1. The molecule has 0 rings (SSSR count). The van der Waals surface area contributed by atoms with Crippen LogP contribution in [-0.4, -0.2) is 161 Å². The topological polar surface area (TPSA) is 522 Å². The molecule has 0 saturated carbocycles. The van der Waals surface area contributed by atoms with Crippen LogP contribution < -0.4 is 77.4 Å². The summed E-state index contributed by atoms with van der Waals surface area (Å²) in [4.78, 5) is 136. The first-order chi connectivity index (χ1) is 32.4. The van der Waals surface area contributed by atoms with Crippen molar-refractivity contribution in [2.24, 2.45) is 50.1 Å². The first-order valence-corrected chi connectivity index (χ1v) is 22.5. The van der Waals surface area contributed by atoms with Gasteiger partial charge in [-0.15, -0.1) is 0 Å². The van der Waals surface area contributed by atoms with Crippen molar-refractivity contribution in [2.45, 2.75) is 152 Å². The molecule has 0 aromatic heterocycles. The Kier molecular flexibility index (Phi) is 31.0. The lowest BCUT2D eigenvalue weighted by Crippen LogP contribution is -2.59. The van der Waals surface area contributed by atoms with Crippen LogP contribution >= 0.6 is 0 Å². The average molecular weight is 987 g/mol. The molecule has 8 atom stereocenters. The first-order valence-electron chi connectivity index (χ1n) is 22.5. The summed E-state index contributed by atoms with van der Waals surface area (Å²) in [5.41, 5.74) is 38.4. The second kappa shape index (κ2) is 34.4. The minimum absolute atomic E-state index is 0.0278. The van der Waals surface area contributed by atoms with Crippen LogP contribution in [0.25, 0.3) is 0 Å². The summed E-state index contributed by atoms with van der Waals surface area (Å²) in [6.07, 6.45) is 0.208. The van der Waals surface area contributed by atoms with Gasteiger partial charge >= 0.3 is 17.9 Å². The lowest BCUT2D eigenvalue weighted by Gasteiger charge is -2.26. The maximum Gasteiger partial charge on any atom is 0.326 e. The number of hydrogen-bond acceptors (Lipinski definition) is 15. The van der Waals surface area contributed by atoms with Crippen LogP contribution in [0.3, 0.4) is 0 Å². The lowest BCUT2D eigenvalue weighted by atomic mass is 10.1. The minimum Gasteiger partial charge on any atom is -0.481 e. The zero-order chi connectivity index (χ0) is 52.6. The fourth-order valence-corrected chi connectivity index (χ4v) is 6.18. The molecule has 0 heterocycles. The molecule has 29 heteroatoms. The van der Waals surface area contributed by atoms with Gasteiger partial charge in [0, 0.05) is 25.9 Å². The van der Waals surface area contributed by atoms with Gasteiger partial charge in [0.05, 0.1) is 6.04 Å². The summed E-state index contributed by atoms with van der Waals surface area (Å²) in [5, 5.41) is 45.2. The molecule has 0 aliphatic carbocycles. The zero-order valence-electron chi connectivity index (χ0n) is 39.2. The van der Waals surface area contributed by atoms with E-state index in [0.717, 1.165) is 0 Å². The van der Waals surface area contributed by atoms with Gasteiger partial charge in [-0.2, -0.15) is 0 Å². The van der Waals surface area contributed by atoms with Crippen LogP contribution in [0, 0.1) is 0 Å². The Morgan fingerprint density at radius 3 is 1.12 bits per heavy atom. The Bertz CT molecular complexity index is 1780. The van der Waals surface area contributed by atoms with E-state index in [9.17, 15) is 63.3 Å². The third-order valence-corrected chi connectivity index (χ3v) is 10.1. The van der Waals surface area contributed by atoms with Crippen molar-refractivity contribution in [2.75, 3.05) is 26.2 Å². The summed E-state index contributed by atoms with van der Waals surface area (Å²) in [6.45, 7) is 3.19. The predicted octanol–water partition coefficient (Wildman–Crippen LogP) is -6.07. The number of guanidine groups is 2. The highest BCUT2D eigenvalue weighted by Crippen LogP contribution is 2.09. The summed E-state index contributed by atoms with van der Waals surface area (Å²) < 4.78 is 0. The number of aliphatic carboxylic acids is 3. The molecule has 69 heavy (non-hydrogen) atoms. The van der Waals surface area contributed by atoms with E-state index in [1.807, 2.05) is 0 Å². The molecule has 0 spiro atoms. The molecule has 0 unspecified atom stereocenters. The van der Waals surface area contributed by atoms with Crippen molar-refractivity contribution in [1.82, 2.24) is 37.2 Å². The van der Waals surface area contributed by atoms with Crippen LogP contribution in [0.5, 0.6) is 0 Å². The molecular formula is C40H74N16O13. The van der Waals surface area contributed by atoms with Crippen molar-refractivity contribution in [1.29, 1.82) is 0 Å². The predicted molar refractivity (Wildman–Crippen MR) is 250 cm³/mol. The maximum absolute atomic E-state index is 13.6. The number of hydrogen-bond donors (Lipinski definition) is 17. The first kappa shape index (κ1) is 62.1. The van der Waals surface area contributed by atoms with Crippen LogP contribution in [0.2, 0.25) is 0 Å². The van der Waals surface area contributed by atoms with Crippen molar-refractivity contribution in [3.63, 3.8) is 0 Å².